The van der Waals surface area contributed by atoms with Gasteiger partial charge in [-0.15, -0.1) is 0 Å². The molecule has 3 rings (SSSR count). The summed E-state index contributed by atoms with van der Waals surface area (Å²) in [5.74, 6) is -0.716. The van der Waals surface area contributed by atoms with E-state index < -0.39 is 10.8 Å². The standard InChI is InChI=1S/C21H17N3O4/c1-14-5-2-3-8-19(14)23-21(26)16-6-4-7-17(13-16)22-20(25)15-9-11-18(12-10-15)24(27)28/h2-13H,1H3,(H,22,25)(H,23,26). The predicted octanol–water partition coefficient (Wildman–Crippen LogP) is 4.41. The molecule has 0 aliphatic carbocycles. The van der Waals surface area contributed by atoms with Gasteiger partial charge in [-0.05, 0) is 48.9 Å². The maximum absolute atomic E-state index is 12.5. The zero-order valence-electron chi connectivity index (χ0n) is 15.0. The number of nitrogens with zero attached hydrogens (tertiary/aromatic N) is 1. The van der Waals surface area contributed by atoms with Crippen LogP contribution in [0.4, 0.5) is 17.1 Å². The molecule has 0 atom stereocenters. The molecule has 0 aliphatic rings. The number of aryl methyl sites for hydroxylation is 1. The van der Waals surface area contributed by atoms with E-state index in [4.69, 9.17) is 0 Å². The number of benzene rings is 3. The van der Waals surface area contributed by atoms with Crippen molar-refractivity contribution in [2.24, 2.45) is 0 Å². The Morgan fingerprint density at radius 1 is 0.821 bits per heavy atom. The van der Waals surface area contributed by atoms with Crippen LogP contribution in [0, 0.1) is 17.0 Å². The van der Waals surface area contributed by atoms with Crippen LogP contribution in [-0.4, -0.2) is 16.7 Å². The molecule has 3 aromatic rings. The molecule has 3 aromatic carbocycles. The number of para-hydroxylation sites is 1. The van der Waals surface area contributed by atoms with Crippen molar-refractivity contribution in [2.75, 3.05) is 10.6 Å². The monoisotopic (exact) mass is 375 g/mol. The van der Waals surface area contributed by atoms with E-state index in [0.717, 1.165) is 5.56 Å². The number of hydrogen-bond acceptors (Lipinski definition) is 4. The topological polar surface area (TPSA) is 101 Å². The van der Waals surface area contributed by atoms with Gasteiger partial charge in [0, 0.05) is 34.6 Å². The highest BCUT2D eigenvalue weighted by Gasteiger charge is 2.12. The number of amides is 2. The molecule has 0 fully saturated rings. The third-order valence-corrected chi connectivity index (χ3v) is 4.12. The normalized spacial score (nSPS) is 10.2. The van der Waals surface area contributed by atoms with E-state index in [1.165, 1.54) is 24.3 Å². The predicted molar refractivity (Wildman–Crippen MR) is 107 cm³/mol. The molecular weight excluding hydrogens is 358 g/mol. The second-order valence-corrected chi connectivity index (χ2v) is 6.11. The minimum atomic E-state index is -0.530. The van der Waals surface area contributed by atoms with Crippen molar-refractivity contribution < 1.29 is 14.5 Å². The van der Waals surface area contributed by atoms with Crippen LogP contribution in [-0.2, 0) is 0 Å². The fourth-order valence-corrected chi connectivity index (χ4v) is 2.58. The first-order chi connectivity index (χ1) is 13.4. The molecule has 0 bridgehead atoms. The lowest BCUT2D eigenvalue weighted by atomic mass is 10.1. The molecule has 28 heavy (non-hydrogen) atoms. The number of carbonyl (C=O) groups is 2. The molecule has 0 heterocycles. The number of nitro benzene ring substituents is 1. The maximum atomic E-state index is 12.5. The molecule has 0 aliphatic heterocycles. The number of carbonyl (C=O) groups excluding carboxylic acids is 2. The van der Waals surface area contributed by atoms with Gasteiger partial charge in [0.05, 0.1) is 4.92 Å². The van der Waals surface area contributed by atoms with E-state index in [0.29, 0.717) is 16.9 Å². The Morgan fingerprint density at radius 2 is 1.50 bits per heavy atom. The highest BCUT2D eigenvalue weighted by atomic mass is 16.6. The number of anilines is 2. The summed E-state index contributed by atoms with van der Waals surface area (Å²) >= 11 is 0. The zero-order chi connectivity index (χ0) is 20.1. The van der Waals surface area contributed by atoms with Crippen molar-refractivity contribution >= 4 is 28.9 Å². The van der Waals surface area contributed by atoms with Crippen molar-refractivity contribution in [3.63, 3.8) is 0 Å². The summed E-state index contributed by atoms with van der Waals surface area (Å²) in [6, 6.07) is 19.3. The molecule has 7 nitrogen and oxygen atoms in total. The summed E-state index contributed by atoms with van der Waals surface area (Å²) in [4.78, 5) is 35.0. The molecule has 0 aromatic heterocycles. The molecule has 0 saturated carbocycles. The van der Waals surface area contributed by atoms with Crippen LogP contribution >= 0.6 is 0 Å². The Balaban J connectivity index is 1.72. The Morgan fingerprint density at radius 3 is 2.18 bits per heavy atom. The fraction of sp³-hybridized carbons (Fsp3) is 0.0476. The molecule has 0 unspecified atom stereocenters. The van der Waals surface area contributed by atoms with Crippen LogP contribution in [0.3, 0.4) is 0 Å². The van der Waals surface area contributed by atoms with Crippen molar-refractivity contribution in [1.82, 2.24) is 0 Å². The lowest BCUT2D eigenvalue weighted by Gasteiger charge is -2.10. The van der Waals surface area contributed by atoms with Crippen LogP contribution in [0.5, 0.6) is 0 Å². The van der Waals surface area contributed by atoms with E-state index in [1.54, 1.807) is 24.3 Å². The number of rotatable bonds is 5. The Hall–Kier alpha value is -4.00. The first-order valence-corrected chi connectivity index (χ1v) is 8.47. The van der Waals surface area contributed by atoms with E-state index in [1.807, 2.05) is 31.2 Å². The van der Waals surface area contributed by atoms with E-state index >= 15 is 0 Å². The van der Waals surface area contributed by atoms with Gasteiger partial charge < -0.3 is 10.6 Å². The Labute approximate surface area is 161 Å². The zero-order valence-corrected chi connectivity index (χ0v) is 15.0. The number of non-ortho nitro benzene ring substituents is 1. The minimum Gasteiger partial charge on any atom is -0.322 e. The third-order valence-electron chi connectivity index (χ3n) is 4.12. The molecule has 0 radical (unpaired) electrons. The van der Waals surface area contributed by atoms with Gasteiger partial charge in [0.25, 0.3) is 17.5 Å². The first-order valence-electron chi connectivity index (χ1n) is 8.47. The van der Waals surface area contributed by atoms with E-state index in [9.17, 15) is 19.7 Å². The van der Waals surface area contributed by atoms with Gasteiger partial charge >= 0.3 is 0 Å². The summed E-state index contributed by atoms with van der Waals surface area (Å²) < 4.78 is 0. The highest BCUT2D eigenvalue weighted by Crippen LogP contribution is 2.18. The van der Waals surface area contributed by atoms with Gasteiger partial charge in [0.2, 0.25) is 0 Å². The molecule has 2 N–H and O–H groups in total. The second-order valence-electron chi connectivity index (χ2n) is 6.11. The molecule has 7 heteroatoms. The largest absolute Gasteiger partial charge is 0.322 e. The Bertz CT molecular complexity index is 1050. The maximum Gasteiger partial charge on any atom is 0.269 e. The van der Waals surface area contributed by atoms with Gasteiger partial charge in [-0.1, -0.05) is 24.3 Å². The van der Waals surface area contributed by atoms with Crippen LogP contribution in [0.2, 0.25) is 0 Å². The smallest absolute Gasteiger partial charge is 0.269 e. The fourth-order valence-electron chi connectivity index (χ4n) is 2.58. The average Bonchev–Trinajstić information content (AvgIpc) is 2.70. The summed E-state index contributed by atoms with van der Waals surface area (Å²) in [6.45, 7) is 1.90. The summed E-state index contributed by atoms with van der Waals surface area (Å²) in [7, 11) is 0. The SMILES string of the molecule is Cc1ccccc1NC(=O)c1cccc(NC(=O)c2ccc([N+](=O)[O-])cc2)c1. The average molecular weight is 375 g/mol. The second kappa shape index (κ2) is 8.13. The quantitative estimate of drug-likeness (QED) is 0.509. The lowest BCUT2D eigenvalue weighted by molar-refractivity contribution is -0.384. The number of nitrogens with one attached hydrogen (secondary N) is 2. The Kier molecular flexibility index (Phi) is 5.45. The van der Waals surface area contributed by atoms with Gasteiger partial charge in [0.1, 0.15) is 0 Å². The van der Waals surface area contributed by atoms with Crippen molar-refractivity contribution in [3.05, 3.63) is 99.6 Å². The van der Waals surface area contributed by atoms with Crippen LogP contribution in [0.1, 0.15) is 26.3 Å². The first kappa shape index (κ1) is 18.8. The highest BCUT2D eigenvalue weighted by molar-refractivity contribution is 6.07. The van der Waals surface area contributed by atoms with Crippen molar-refractivity contribution in [1.29, 1.82) is 0 Å². The molecule has 2 amide bonds. The molecule has 0 spiro atoms. The number of hydrogen-bond donors (Lipinski definition) is 2. The molecule has 0 saturated heterocycles. The van der Waals surface area contributed by atoms with E-state index in [2.05, 4.69) is 10.6 Å². The van der Waals surface area contributed by atoms with Gasteiger partial charge in [-0.2, -0.15) is 0 Å². The van der Waals surface area contributed by atoms with Crippen LogP contribution in [0.15, 0.2) is 72.8 Å². The summed E-state index contributed by atoms with van der Waals surface area (Å²) in [5, 5.41) is 16.2. The molecule has 140 valence electrons. The summed E-state index contributed by atoms with van der Waals surface area (Å²) in [6.07, 6.45) is 0. The van der Waals surface area contributed by atoms with Gasteiger partial charge in [0.15, 0.2) is 0 Å². The summed E-state index contributed by atoms with van der Waals surface area (Å²) in [5.41, 5.74) is 2.68. The van der Waals surface area contributed by atoms with Gasteiger partial charge in [-0.25, -0.2) is 0 Å². The van der Waals surface area contributed by atoms with Crippen molar-refractivity contribution in [3.8, 4) is 0 Å². The van der Waals surface area contributed by atoms with Crippen LogP contribution in [0.25, 0.3) is 0 Å². The van der Waals surface area contributed by atoms with E-state index in [-0.39, 0.29) is 17.2 Å². The van der Waals surface area contributed by atoms with Gasteiger partial charge in [-0.3, -0.25) is 19.7 Å². The molecular formula is C21H17N3O4. The van der Waals surface area contributed by atoms with Crippen molar-refractivity contribution in [2.45, 2.75) is 6.92 Å². The minimum absolute atomic E-state index is 0.0913. The third kappa shape index (κ3) is 4.39. The number of nitro groups is 1. The lowest BCUT2D eigenvalue weighted by Crippen LogP contribution is -2.15. The van der Waals surface area contributed by atoms with Crippen LogP contribution < -0.4 is 10.6 Å².